The molecule has 0 aliphatic heterocycles. The summed E-state index contributed by atoms with van der Waals surface area (Å²) in [6.45, 7) is 3.39. The number of halogens is 1. The van der Waals surface area contributed by atoms with Gasteiger partial charge in [0.1, 0.15) is 0 Å². The van der Waals surface area contributed by atoms with Crippen molar-refractivity contribution in [2.24, 2.45) is 5.41 Å². The van der Waals surface area contributed by atoms with Crippen molar-refractivity contribution in [2.75, 3.05) is 13.2 Å². The first-order valence-electron chi connectivity index (χ1n) is 3.58. The van der Waals surface area contributed by atoms with Gasteiger partial charge in [0, 0.05) is 11.8 Å². The first-order valence-corrected chi connectivity index (χ1v) is 4.38. The summed E-state index contributed by atoms with van der Waals surface area (Å²) in [5.41, 5.74) is -0.616. The Morgan fingerprint density at radius 3 is 2.25 bits per heavy atom. The van der Waals surface area contributed by atoms with E-state index in [0.29, 0.717) is 12.8 Å². The minimum absolute atomic E-state index is 0.127. The van der Waals surface area contributed by atoms with E-state index >= 15 is 0 Å². The number of allylic oxidation sites excluding steroid dienone is 1. The fourth-order valence-corrected chi connectivity index (χ4v) is 1.55. The largest absolute Gasteiger partial charge is 0.396 e. The third-order valence-corrected chi connectivity index (χ3v) is 2.00. The number of terminal acetylenes is 1. The molecule has 0 spiro atoms. The lowest BCUT2D eigenvalue weighted by Crippen LogP contribution is -2.29. The summed E-state index contributed by atoms with van der Waals surface area (Å²) >= 11 is 3.18. The molecule has 3 heteroatoms. The van der Waals surface area contributed by atoms with E-state index in [1.54, 1.807) is 0 Å². The van der Waals surface area contributed by atoms with Crippen molar-refractivity contribution < 1.29 is 10.2 Å². The Kier molecular flexibility index (Phi) is 5.23. The summed E-state index contributed by atoms with van der Waals surface area (Å²) in [7, 11) is 0. The molecule has 0 rings (SSSR count). The molecule has 0 aliphatic rings. The van der Waals surface area contributed by atoms with Crippen molar-refractivity contribution in [2.45, 2.75) is 12.8 Å². The van der Waals surface area contributed by atoms with Crippen molar-refractivity contribution >= 4 is 15.9 Å². The number of hydrogen-bond donors (Lipinski definition) is 2. The maximum absolute atomic E-state index is 9.04. The molecule has 0 aromatic heterocycles. The van der Waals surface area contributed by atoms with E-state index in [2.05, 4.69) is 28.4 Å². The molecule has 12 heavy (non-hydrogen) atoms. The second-order valence-corrected chi connectivity index (χ2v) is 4.01. The van der Waals surface area contributed by atoms with Gasteiger partial charge in [-0.05, 0) is 10.9 Å². The van der Waals surface area contributed by atoms with Crippen LogP contribution in [0.4, 0.5) is 0 Å². The van der Waals surface area contributed by atoms with Crippen LogP contribution in [0.1, 0.15) is 12.8 Å². The van der Waals surface area contributed by atoms with Gasteiger partial charge in [0.25, 0.3) is 0 Å². The zero-order valence-corrected chi connectivity index (χ0v) is 8.47. The number of aliphatic hydroxyl groups excluding tert-OH is 2. The van der Waals surface area contributed by atoms with Crippen molar-refractivity contribution in [3.8, 4) is 12.3 Å². The molecule has 2 N–H and O–H groups in total. The molecule has 2 nitrogen and oxygen atoms in total. The topological polar surface area (TPSA) is 40.5 Å². The van der Waals surface area contributed by atoms with Crippen LogP contribution in [-0.2, 0) is 0 Å². The molecule has 0 fully saturated rings. The van der Waals surface area contributed by atoms with E-state index in [1.165, 1.54) is 0 Å². The van der Waals surface area contributed by atoms with Gasteiger partial charge in [0.05, 0.1) is 13.2 Å². The molecular formula is C9H13BrO2. The van der Waals surface area contributed by atoms with E-state index in [4.69, 9.17) is 16.6 Å². The number of hydrogen-bond acceptors (Lipinski definition) is 2. The molecule has 0 aromatic carbocycles. The molecule has 0 amide bonds. The van der Waals surface area contributed by atoms with Gasteiger partial charge in [-0.15, -0.1) is 12.3 Å². The second kappa shape index (κ2) is 5.36. The van der Waals surface area contributed by atoms with Gasteiger partial charge in [0.15, 0.2) is 0 Å². The first kappa shape index (κ1) is 11.7. The molecule has 0 saturated heterocycles. The van der Waals surface area contributed by atoms with Gasteiger partial charge in [-0.1, -0.05) is 22.5 Å². The maximum atomic E-state index is 9.04. The van der Waals surface area contributed by atoms with Crippen LogP contribution in [0.15, 0.2) is 11.1 Å². The average molecular weight is 233 g/mol. The molecule has 0 heterocycles. The van der Waals surface area contributed by atoms with Crippen molar-refractivity contribution in [3.05, 3.63) is 11.1 Å². The molecule has 0 radical (unpaired) electrons. The lowest BCUT2D eigenvalue weighted by molar-refractivity contribution is 0.0606. The highest BCUT2D eigenvalue weighted by molar-refractivity contribution is 9.11. The third kappa shape index (κ3) is 3.40. The van der Waals surface area contributed by atoms with E-state index in [0.717, 1.165) is 4.48 Å². The van der Waals surface area contributed by atoms with Gasteiger partial charge in [-0.25, -0.2) is 0 Å². The molecule has 0 unspecified atom stereocenters. The summed E-state index contributed by atoms with van der Waals surface area (Å²) in [5, 5.41) is 18.1. The third-order valence-electron chi connectivity index (χ3n) is 1.71. The van der Waals surface area contributed by atoms with Gasteiger partial charge in [0.2, 0.25) is 0 Å². The van der Waals surface area contributed by atoms with Crippen LogP contribution < -0.4 is 0 Å². The monoisotopic (exact) mass is 232 g/mol. The van der Waals surface area contributed by atoms with Crippen LogP contribution in [0.2, 0.25) is 0 Å². The zero-order chi connectivity index (χ0) is 9.61. The Bertz CT molecular complexity index is 189. The SMILES string of the molecule is C#CCC(CO)(CO)CC(=C)Br. The smallest absolute Gasteiger partial charge is 0.0522 e. The number of rotatable bonds is 5. The quantitative estimate of drug-likeness (QED) is 0.702. The van der Waals surface area contributed by atoms with Crippen LogP contribution in [-0.4, -0.2) is 23.4 Å². The lowest BCUT2D eigenvalue weighted by Gasteiger charge is -2.26. The van der Waals surface area contributed by atoms with Crippen LogP contribution in [0.3, 0.4) is 0 Å². The zero-order valence-electron chi connectivity index (χ0n) is 6.89. The van der Waals surface area contributed by atoms with Crippen LogP contribution in [0.25, 0.3) is 0 Å². The summed E-state index contributed by atoms with van der Waals surface area (Å²) in [4.78, 5) is 0. The minimum Gasteiger partial charge on any atom is -0.396 e. The van der Waals surface area contributed by atoms with Gasteiger partial charge >= 0.3 is 0 Å². The maximum Gasteiger partial charge on any atom is 0.0522 e. The summed E-state index contributed by atoms with van der Waals surface area (Å²) in [6.07, 6.45) is 5.97. The highest BCUT2D eigenvalue weighted by Crippen LogP contribution is 2.30. The predicted molar refractivity (Wildman–Crippen MR) is 52.7 cm³/mol. The first-order chi connectivity index (χ1) is 5.60. The Morgan fingerprint density at radius 2 is 2.00 bits per heavy atom. The van der Waals surface area contributed by atoms with E-state index < -0.39 is 5.41 Å². The molecular weight excluding hydrogens is 220 g/mol. The lowest BCUT2D eigenvalue weighted by atomic mass is 9.83. The van der Waals surface area contributed by atoms with Crippen LogP contribution in [0, 0.1) is 17.8 Å². The molecule has 0 bridgehead atoms. The Labute approximate surface area is 81.4 Å². The second-order valence-electron chi connectivity index (χ2n) is 2.89. The highest BCUT2D eigenvalue weighted by Gasteiger charge is 2.27. The summed E-state index contributed by atoms with van der Waals surface area (Å²) < 4.78 is 0.737. The fraction of sp³-hybridized carbons (Fsp3) is 0.556. The normalized spacial score (nSPS) is 10.8. The fourth-order valence-electron chi connectivity index (χ4n) is 0.960. The van der Waals surface area contributed by atoms with Gasteiger partial charge in [-0.3, -0.25) is 0 Å². The molecule has 0 aromatic rings. The van der Waals surface area contributed by atoms with Gasteiger partial charge < -0.3 is 10.2 Å². The average Bonchev–Trinajstić information content (AvgIpc) is 2.03. The molecule has 0 saturated carbocycles. The standard InChI is InChI=1S/C9H13BrO2/c1-3-4-9(6-11,7-12)5-8(2)10/h1,11-12H,2,4-7H2. The summed E-state index contributed by atoms with van der Waals surface area (Å²) in [5.74, 6) is 2.43. The molecule has 68 valence electrons. The van der Waals surface area contributed by atoms with Crippen LogP contribution >= 0.6 is 15.9 Å². The predicted octanol–water partition coefficient (Wildman–Crippen LogP) is 1.28. The van der Waals surface area contributed by atoms with E-state index in [-0.39, 0.29) is 13.2 Å². The van der Waals surface area contributed by atoms with E-state index in [9.17, 15) is 0 Å². The van der Waals surface area contributed by atoms with Crippen molar-refractivity contribution in [1.29, 1.82) is 0 Å². The Balaban J connectivity index is 4.36. The van der Waals surface area contributed by atoms with Gasteiger partial charge in [-0.2, -0.15) is 0 Å². The van der Waals surface area contributed by atoms with Crippen molar-refractivity contribution in [1.82, 2.24) is 0 Å². The Morgan fingerprint density at radius 1 is 1.50 bits per heavy atom. The minimum atomic E-state index is -0.616. The molecule has 0 atom stereocenters. The van der Waals surface area contributed by atoms with E-state index in [1.807, 2.05) is 0 Å². The number of aliphatic hydroxyl groups is 2. The highest BCUT2D eigenvalue weighted by atomic mass is 79.9. The van der Waals surface area contributed by atoms with Crippen molar-refractivity contribution in [3.63, 3.8) is 0 Å². The summed E-state index contributed by atoms with van der Waals surface area (Å²) in [6, 6.07) is 0. The Hall–Kier alpha value is -0.300. The van der Waals surface area contributed by atoms with Crippen LogP contribution in [0.5, 0.6) is 0 Å². The molecule has 0 aliphatic carbocycles.